The first-order valence-corrected chi connectivity index (χ1v) is 3.96. The van der Waals surface area contributed by atoms with Gasteiger partial charge in [-0.15, -0.1) is 0 Å². The van der Waals surface area contributed by atoms with Gasteiger partial charge in [-0.1, -0.05) is 5.46 Å². The van der Waals surface area contributed by atoms with E-state index in [1.165, 1.54) is 0 Å². The molecule has 0 aromatic carbocycles. The highest BCUT2D eigenvalue weighted by atomic mass is 32.1. The molecule has 40 valence electrons. The highest BCUT2D eigenvalue weighted by Gasteiger charge is 1.94. The van der Waals surface area contributed by atoms with Crippen LogP contribution in [0.3, 0.4) is 0 Å². The van der Waals surface area contributed by atoms with Crippen LogP contribution in [0.15, 0.2) is 10.8 Å². The van der Waals surface area contributed by atoms with Crippen molar-refractivity contribution in [2.45, 2.75) is 0 Å². The molecule has 0 fully saturated rings. The van der Waals surface area contributed by atoms with Gasteiger partial charge in [-0.05, 0) is 5.38 Å². The van der Waals surface area contributed by atoms with Crippen LogP contribution in [0.1, 0.15) is 0 Å². The van der Waals surface area contributed by atoms with Gasteiger partial charge in [0.2, 0.25) is 0 Å². The molecule has 0 amide bonds. The molecular formula is C4H4BOPS. The molecule has 0 aliphatic rings. The Balaban J connectivity index is 3.09. The summed E-state index contributed by atoms with van der Waals surface area (Å²) in [5.41, 5.74) is 1.12. The molecule has 1 aromatic heterocycles. The molecule has 1 aromatic rings. The van der Waals surface area contributed by atoms with Crippen LogP contribution in [-0.4, -0.2) is 7.85 Å². The Morgan fingerprint density at radius 1 is 1.62 bits per heavy atom. The molecule has 1 heterocycles. The van der Waals surface area contributed by atoms with Gasteiger partial charge >= 0.3 is 0 Å². The molecule has 0 radical (unpaired) electrons. The van der Waals surface area contributed by atoms with Crippen molar-refractivity contribution < 1.29 is 4.57 Å². The average Bonchev–Trinajstić information content (AvgIpc) is 2.14. The Bertz CT molecular complexity index is 198. The summed E-state index contributed by atoms with van der Waals surface area (Å²) in [7, 11) is 2.09. The van der Waals surface area contributed by atoms with E-state index in [4.69, 9.17) is 0 Å². The summed E-state index contributed by atoms with van der Waals surface area (Å²) in [6.45, 7) is 0. The Labute approximate surface area is 54.3 Å². The zero-order valence-corrected chi connectivity index (χ0v) is 6.13. The van der Waals surface area contributed by atoms with Crippen molar-refractivity contribution in [1.82, 2.24) is 0 Å². The van der Waals surface area contributed by atoms with Gasteiger partial charge in [0, 0.05) is 10.7 Å². The Morgan fingerprint density at radius 2 is 2.38 bits per heavy atom. The van der Waals surface area contributed by atoms with Crippen LogP contribution in [0.5, 0.6) is 0 Å². The molecule has 0 bridgehead atoms. The maximum absolute atomic E-state index is 10.2. The van der Waals surface area contributed by atoms with Crippen LogP contribution in [0.2, 0.25) is 0 Å². The van der Waals surface area contributed by atoms with Crippen LogP contribution in [0, 0.1) is 0 Å². The third-order valence-corrected chi connectivity index (χ3v) is 2.64. The van der Waals surface area contributed by atoms with E-state index < -0.39 is 0 Å². The van der Waals surface area contributed by atoms with Gasteiger partial charge in [0.25, 0.3) is 0 Å². The van der Waals surface area contributed by atoms with E-state index in [2.05, 4.69) is 0 Å². The molecule has 8 heavy (non-hydrogen) atoms. The summed E-state index contributed by atoms with van der Waals surface area (Å²) in [6.07, 6.45) is 0. The standard InChI is InChI=1S/C4H4BOPS/c5-3-1-8-2-4(3)7-6/h1-2H,5H2. The van der Waals surface area contributed by atoms with Crippen molar-refractivity contribution in [1.29, 1.82) is 0 Å². The number of hydrogen-bond donors (Lipinski definition) is 0. The zero-order chi connectivity index (χ0) is 5.98. The lowest BCUT2D eigenvalue weighted by Crippen LogP contribution is -2.13. The topological polar surface area (TPSA) is 17.1 Å². The summed E-state index contributed by atoms with van der Waals surface area (Å²) in [5.74, 6) is 0. The maximum atomic E-state index is 10.2. The van der Waals surface area contributed by atoms with E-state index in [-0.39, 0.29) is 8.46 Å². The van der Waals surface area contributed by atoms with Crippen LogP contribution < -0.4 is 10.8 Å². The van der Waals surface area contributed by atoms with Crippen molar-refractivity contribution >= 4 is 38.4 Å². The number of rotatable bonds is 1. The molecule has 0 unspecified atom stereocenters. The Kier molecular flexibility index (Phi) is 1.82. The summed E-state index contributed by atoms with van der Waals surface area (Å²) < 4.78 is 10.2. The predicted molar refractivity (Wildman–Crippen MR) is 39.7 cm³/mol. The summed E-state index contributed by atoms with van der Waals surface area (Å²) in [6, 6.07) is 0. The quantitative estimate of drug-likeness (QED) is 0.396. The largest absolute Gasteiger partial charge is 0.269 e. The molecule has 0 aliphatic heterocycles. The highest BCUT2D eigenvalue weighted by molar-refractivity contribution is 7.36. The van der Waals surface area contributed by atoms with Gasteiger partial charge in [0.05, 0.1) is 0 Å². The second kappa shape index (κ2) is 2.43. The van der Waals surface area contributed by atoms with Crippen LogP contribution in [0.4, 0.5) is 0 Å². The predicted octanol–water partition coefficient (Wildman–Crippen LogP) is -0.0765. The summed E-state index contributed by atoms with van der Waals surface area (Å²) >= 11 is 1.58. The van der Waals surface area contributed by atoms with E-state index in [0.717, 1.165) is 10.8 Å². The van der Waals surface area contributed by atoms with Gasteiger partial charge in [0.1, 0.15) is 7.85 Å². The van der Waals surface area contributed by atoms with E-state index in [0.29, 0.717) is 0 Å². The monoisotopic (exact) mass is 142 g/mol. The van der Waals surface area contributed by atoms with Crippen molar-refractivity contribution in [3.8, 4) is 0 Å². The minimum absolute atomic E-state index is 0.138. The molecule has 1 rings (SSSR count). The molecule has 0 saturated carbocycles. The maximum Gasteiger partial charge on any atom is 0.192 e. The van der Waals surface area contributed by atoms with Gasteiger partial charge in [-0.25, -0.2) is 0 Å². The molecule has 0 saturated heterocycles. The van der Waals surface area contributed by atoms with E-state index in [1.54, 1.807) is 11.3 Å². The normalized spacial score (nSPS) is 10.0. The van der Waals surface area contributed by atoms with Crippen LogP contribution in [0.25, 0.3) is 0 Å². The third kappa shape index (κ3) is 0.986. The minimum atomic E-state index is 0.138. The molecular weight excluding hydrogens is 138 g/mol. The molecule has 0 aliphatic carbocycles. The Morgan fingerprint density at radius 3 is 2.62 bits per heavy atom. The second-order valence-corrected chi connectivity index (χ2v) is 2.94. The molecule has 4 heteroatoms. The zero-order valence-electron chi connectivity index (χ0n) is 4.42. The van der Waals surface area contributed by atoms with Gasteiger partial charge in [-0.3, -0.25) is 4.57 Å². The molecule has 0 spiro atoms. The van der Waals surface area contributed by atoms with Crippen LogP contribution in [-0.2, 0) is 4.57 Å². The van der Waals surface area contributed by atoms with E-state index in [1.807, 2.05) is 18.6 Å². The van der Waals surface area contributed by atoms with Crippen molar-refractivity contribution in [3.63, 3.8) is 0 Å². The SMILES string of the molecule is Bc1cscc1P=O. The minimum Gasteiger partial charge on any atom is -0.269 e. The fraction of sp³-hybridized carbons (Fsp3) is 0. The first kappa shape index (κ1) is 5.99. The Hall–Kier alpha value is -0.135. The lowest BCUT2D eigenvalue weighted by Gasteiger charge is -1.77. The van der Waals surface area contributed by atoms with Crippen molar-refractivity contribution in [2.24, 2.45) is 0 Å². The van der Waals surface area contributed by atoms with Gasteiger partial charge in [0.15, 0.2) is 8.46 Å². The first-order chi connectivity index (χ1) is 3.84. The fourth-order valence-corrected chi connectivity index (χ4v) is 1.81. The number of hydrogen-bond acceptors (Lipinski definition) is 2. The lowest BCUT2D eigenvalue weighted by molar-refractivity contribution is 0.603. The van der Waals surface area contributed by atoms with E-state index >= 15 is 0 Å². The summed E-state index contributed by atoms with van der Waals surface area (Å²) in [5, 5.41) is 4.79. The highest BCUT2D eigenvalue weighted by Crippen LogP contribution is 1.96. The molecule has 1 nitrogen and oxygen atoms in total. The second-order valence-electron chi connectivity index (χ2n) is 1.53. The van der Waals surface area contributed by atoms with Crippen LogP contribution >= 0.6 is 19.8 Å². The first-order valence-electron chi connectivity index (χ1n) is 2.20. The van der Waals surface area contributed by atoms with Gasteiger partial charge < -0.3 is 0 Å². The lowest BCUT2D eigenvalue weighted by atomic mass is 10.0. The smallest absolute Gasteiger partial charge is 0.192 e. The van der Waals surface area contributed by atoms with Crippen molar-refractivity contribution in [3.05, 3.63) is 10.8 Å². The third-order valence-electron chi connectivity index (χ3n) is 0.927. The number of thiophene rings is 1. The molecule has 0 N–H and O–H groups in total. The molecule has 0 atom stereocenters. The van der Waals surface area contributed by atoms with Crippen molar-refractivity contribution in [2.75, 3.05) is 0 Å². The average molecular weight is 142 g/mol. The summed E-state index contributed by atoms with van der Waals surface area (Å²) in [4.78, 5) is 0. The fourth-order valence-electron chi connectivity index (χ4n) is 0.447. The van der Waals surface area contributed by atoms with E-state index in [9.17, 15) is 4.57 Å². The van der Waals surface area contributed by atoms with Gasteiger partial charge in [-0.2, -0.15) is 11.3 Å².